The molecule has 0 unspecified atom stereocenters. The maximum Gasteiger partial charge on any atom is 0.497 e. The number of carbonyl (C=O) groups excluding carboxylic acids is 1. The maximum absolute atomic E-state index is 11.7. The molecule has 19 heavy (non-hydrogen) atoms. The van der Waals surface area contributed by atoms with Crippen LogP contribution in [-0.2, 0) is 22.8 Å². The van der Waals surface area contributed by atoms with Gasteiger partial charge in [0.2, 0.25) is 0 Å². The molecule has 0 heterocycles. The van der Waals surface area contributed by atoms with Crippen LogP contribution in [0.4, 0.5) is 0 Å². The van der Waals surface area contributed by atoms with E-state index in [0.717, 1.165) is 0 Å². The van der Waals surface area contributed by atoms with Gasteiger partial charge in [0.05, 0.1) is 19.1 Å². The van der Waals surface area contributed by atoms with E-state index in [4.69, 9.17) is 18.0 Å². The summed E-state index contributed by atoms with van der Waals surface area (Å²) in [5, 5.41) is 0. The summed E-state index contributed by atoms with van der Waals surface area (Å²) in [6.07, 6.45) is -0.276. The highest BCUT2D eigenvalue weighted by Crippen LogP contribution is 2.23. The van der Waals surface area contributed by atoms with Crippen LogP contribution in [0.3, 0.4) is 0 Å². The first kappa shape index (κ1) is 18.6. The van der Waals surface area contributed by atoms with Crippen LogP contribution in [0.1, 0.15) is 34.6 Å². The Balaban J connectivity index is 4.93. The molecule has 0 aromatic carbocycles. The highest BCUT2D eigenvalue weighted by atomic mass is 28.4. The lowest BCUT2D eigenvalue weighted by Crippen LogP contribution is -2.49. The molecule has 0 N–H and O–H groups in total. The number of rotatable bonds is 9. The third-order valence-corrected chi connectivity index (χ3v) is 5.21. The third-order valence-electron chi connectivity index (χ3n) is 2.89. The van der Waals surface area contributed by atoms with Crippen molar-refractivity contribution in [3.05, 3.63) is 0 Å². The number of hydrogen-bond acceptors (Lipinski definition) is 5. The van der Waals surface area contributed by atoms with E-state index < -0.39 is 8.80 Å². The molecule has 0 radical (unpaired) electrons. The van der Waals surface area contributed by atoms with Gasteiger partial charge in [0.25, 0.3) is 0 Å². The highest BCUT2D eigenvalue weighted by Gasteiger charge is 2.41. The van der Waals surface area contributed by atoms with Crippen LogP contribution in [0.2, 0.25) is 6.55 Å². The minimum absolute atomic E-state index is 0.168. The molecule has 0 aliphatic carbocycles. The van der Waals surface area contributed by atoms with Crippen molar-refractivity contribution in [3.63, 3.8) is 0 Å². The standard InChI is InChI=1S/C13H28O5Si/c1-8-16-19(7,17-9-2)18-12(10(3)4)11(5)13(14)15-6/h10-12H,8-9H2,1-7H3/t11-,12-/m1/s1. The van der Waals surface area contributed by atoms with Gasteiger partial charge in [0.1, 0.15) is 0 Å². The minimum Gasteiger partial charge on any atom is -0.469 e. The predicted molar refractivity (Wildman–Crippen MR) is 75.8 cm³/mol. The van der Waals surface area contributed by atoms with Crippen molar-refractivity contribution in [2.75, 3.05) is 20.3 Å². The van der Waals surface area contributed by atoms with Gasteiger partial charge in [-0.25, -0.2) is 0 Å². The molecular formula is C13H28O5Si. The van der Waals surface area contributed by atoms with E-state index in [1.54, 1.807) is 0 Å². The second kappa shape index (κ2) is 8.68. The van der Waals surface area contributed by atoms with Crippen molar-refractivity contribution in [1.29, 1.82) is 0 Å². The Morgan fingerprint density at radius 2 is 1.58 bits per heavy atom. The van der Waals surface area contributed by atoms with E-state index in [1.165, 1.54) is 7.11 Å². The second-order valence-electron chi connectivity index (χ2n) is 4.87. The summed E-state index contributed by atoms with van der Waals surface area (Å²) < 4.78 is 22.2. The van der Waals surface area contributed by atoms with Gasteiger partial charge < -0.3 is 18.0 Å². The van der Waals surface area contributed by atoms with Crippen LogP contribution < -0.4 is 0 Å². The molecule has 0 saturated carbocycles. The molecule has 0 aliphatic rings. The molecule has 0 aliphatic heterocycles. The average Bonchev–Trinajstić information content (AvgIpc) is 2.34. The zero-order valence-corrected chi connectivity index (χ0v) is 14.2. The molecule has 0 aromatic rings. The summed E-state index contributed by atoms with van der Waals surface area (Å²) in [4.78, 5) is 11.7. The highest BCUT2D eigenvalue weighted by molar-refractivity contribution is 6.59. The van der Waals surface area contributed by atoms with E-state index in [1.807, 2.05) is 41.2 Å². The van der Waals surface area contributed by atoms with Crippen LogP contribution in [0, 0.1) is 11.8 Å². The van der Waals surface area contributed by atoms with Gasteiger partial charge >= 0.3 is 14.8 Å². The Bertz CT molecular complexity index is 264. The van der Waals surface area contributed by atoms with Gasteiger partial charge in [-0.05, 0) is 26.7 Å². The third kappa shape index (κ3) is 6.03. The minimum atomic E-state index is -2.70. The summed E-state index contributed by atoms with van der Waals surface area (Å²) in [5.41, 5.74) is 0. The van der Waals surface area contributed by atoms with Crippen molar-refractivity contribution < 1.29 is 22.8 Å². The summed E-state index contributed by atoms with van der Waals surface area (Å²) >= 11 is 0. The molecule has 0 saturated heterocycles. The Kier molecular flexibility index (Phi) is 8.48. The first-order valence-corrected chi connectivity index (χ1v) is 9.07. The smallest absolute Gasteiger partial charge is 0.469 e. The summed E-state index contributed by atoms with van der Waals surface area (Å²) in [6.45, 7) is 12.6. The van der Waals surface area contributed by atoms with Crippen LogP contribution in [0.5, 0.6) is 0 Å². The normalized spacial score (nSPS) is 15.4. The molecule has 5 nitrogen and oxygen atoms in total. The lowest BCUT2D eigenvalue weighted by atomic mass is 9.95. The lowest BCUT2D eigenvalue weighted by Gasteiger charge is -2.34. The van der Waals surface area contributed by atoms with Crippen molar-refractivity contribution in [2.24, 2.45) is 11.8 Å². The van der Waals surface area contributed by atoms with Crippen LogP contribution >= 0.6 is 0 Å². The number of carbonyl (C=O) groups is 1. The lowest BCUT2D eigenvalue weighted by molar-refractivity contribution is -0.150. The monoisotopic (exact) mass is 292 g/mol. The molecule has 114 valence electrons. The van der Waals surface area contributed by atoms with E-state index in [0.29, 0.717) is 13.2 Å². The summed E-state index contributed by atoms with van der Waals surface area (Å²) in [7, 11) is -1.32. The Morgan fingerprint density at radius 1 is 1.11 bits per heavy atom. The number of esters is 1. The first-order chi connectivity index (χ1) is 8.81. The van der Waals surface area contributed by atoms with E-state index in [9.17, 15) is 4.79 Å². The topological polar surface area (TPSA) is 54.0 Å². The Morgan fingerprint density at radius 3 is 1.89 bits per heavy atom. The molecule has 0 fully saturated rings. The van der Waals surface area contributed by atoms with E-state index >= 15 is 0 Å². The van der Waals surface area contributed by atoms with Crippen molar-refractivity contribution >= 4 is 14.8 Å². The zero-order valence-electron chi connectivity index (χ0n) is 13.2. The van der Waals surface area contributed by atoms with Gasteiger partial charge in [-0.1, -0.05) is 13.8 Å². The largest absolute Gasteiger partial charge is 0.497 e. The Labute approximate surface area is 117 Å². The molecule has 6 heteroatoms. The van der Waals surface area contributed by atoms with Gasteiger partial charge in [-0.3, -0.25) is 4.79 Å². The number of hydrogen-bond donors (Lipinski definition) is 0. The summed E-state index contributed by atoms with van der Waals surface area (Å²) in [6, 6.07) is 0. The quantitative estimate of drug-likeness (QED) is 0.483. The van der Waals surface area contributed by atoms with Gasteiger partial charge in [0, 0.05) is 19.8 Å². The van der Waals surface area contributed by atoms with Crippen molar-refractivity contribution in [3.8, 4) is 0 Å². The zero-order chi connectivity index (χ0) is 15.1. The van der Waals surface area contributed by atoms with Gasteiger partial charge in [-0.15, -0.1) is 0 Å². The molecule has 0 rings (SSSR count). The second-order valence-corrected chi connectivity index (χ2v) is 7.40. The number of methoxy groups -OCH3 is 1. The van der Waals surface area contributed by atoms with Gasteiger partial charge in [0.15, 0.2) is 0 Å². The fourth-order valence-corrected chi connectivity index (χ4v) is 4.26. The molecular weight excluding hydrogens is 264 g/mol. The fourth-order valence-electron chi connectivity index (χ4n) is 2.02. The van der Waals surface area contributed by atoms with Gasteiger partial charge in [-0.2, -0.15) is 0 Å². The molecule has 2 atom stereocenters. The molecule has 0 bridgehead atoms. The molecule has 0 spiro atoms. The molecule has 0 aromatic heterocycles. The summed E-state index contributed by atoms with van der Waals surface area (Å²) in [5.74, 6) is -0.456. The van der Waals surface area contributed by atoms with Crippen LogP contribution in [0.15, 0.2) is 0 Å². The number of ether oxygens (including phenoxy) is 1. The fraction of sp³-hybridized carbons (Fsp3) is 0.923. The van der Waals surface area contributed by atoms with Crippen molar-refractivity contribution in [2.45, 2.75) is 47.3 Å². The van der Waals surface area contributed by atoms with Crippen molar-refractivity contribution in [1.82, 2.24) is 0 Å². The first-order valence-electron chi connectivity index (χ1n) is 6.84. The van der Waals surface area contributed by atoms with E-state index in [2.05, 4.69) is 0 Å². The van der Waals surface area contributed by atoms with Crippen LogP contribution in [0.25, 0.3) is 0 Å². The molecule has 0 amide bonds. The van der Waals surface area contributed by atoms with Crippen LogP contribution in [-0.4, -0.2) is 41.2 Å². The average molecular weight is 292 g/mol. The SMILES string of the molecule is CCO[Si](C)(OCC)O[C@H](C(C)C)[C@@H](C)C(=O)OC. The van der Waals surface area contributed by atoms with E-state index in [-0.39, 0.29) is 23.9 Å². The Hall–Kier alpha value is -0.433. The predicted octanol–water partition coefficient (Wildman–Crippen LogP) is 2.48. The maximum atomic E-state index is 11.7.